The molecule has 7 nitrogen and oxygen atoms in total. The Kier molecular flexibility index (Phi) is 4.30. The van der Waals surface area contributed by atoms with Crippen molar-refractivity contribution in [1.29, 1.82) is 0 Å². The number of thiazole rings is 1. The van der Waals surface area contributed by atoms with Gasteiger partial charge in [-0.2, -0.15) is 0 Å². The van der Waals surface area contributed by atoms with Gasteiger partial charge >= 0.3 is 0 Å². The summed E-state index contributed by atoms with van der Waals surface area (Å²) in [5.41, 5.74) is 3.75. The van der Waals surface area contributed by atoms with E-state index in [-0.39, 0.29) is 34.8 Å². The first-order valence-electron chi connectivity index (χ1n) is 9.82. The summed E-state index contributed by atoms with van der Waals surface area (Å²) in [6, 6.07) is 1.81. The monoisotopic (exact) mass is 398 g/mol. The zero-order valence-electron chi connectivity index (χ0n) is 15.5. The van der Waals surface area contributed by atoms with E-state index in [0.717, 1.165) is 36.9 Å². The van der Waals surface area contributed by atoms with E-state index in [2.05, 4.69) is 9.97 Å². The van der Waals surface area contributed by atoms with Crippen LogP contribution < -0.4 is 5.56 Å². The van der Waals surface area contributed by atoms with Crippen molar-refractivity contribution in [3.63, 3.8) is 0 Å². The maximum absolute atomic E-state index is 13.0. The second kappa shape index (κ2) is 6.84. The number of carbonyl (C=O) groups is 2. The molecule has 0 unspecified atom stereocenters. The van der Waals surface area contributed by atoms with Crippen LogP contribution in [0.4, 0.5) is 0 Å². The SMILES string of the molecule is O=C(c1cncs1)N1C[C@@H]2CN(C(=O)c3cc4c([nH]c3=O)CCCC4)C[C@@H]2C1. The van der Waals surface area contributed by atoms with Crippen LogP contribution in [0.5, 0.6) is 0 Å². The Morgan fingerprint density at radius 1 is 1.04 bits per heavy atom. The number of carbonyl (C=O) groups excluding carboxylic acids is 2. The van der Waals surface area contributed by atoms with Gasteiger partial charge in [0.15, 0.2) is 0 Å². The van der Waals surface area contributed by atoms with Gasteiger partial charge < -0.3 is 14.8 Å². The normalized spacial score (nSPS) is 23.6. The van der Waals surface area contributed by atoms with E-state index in [0.29, 0.717) is 31.1 Å². The molecule has 2 atom stereocenters. The van der Waals surface area contributed by atoms with Gasteiger partial charge in [0, 0.05) is 43.7 Å². The molecule has 28 heavy (non-hydrogen) atoms. The Bertz CT molecular complexity index is 970. The summed E-state index contributed by atoms with van der Waals surface area (Å²) in [4.78, 5) is 49.2. The van der Waals surface area contributed by atoms with E-state index in [9.17, 15) is 14.4 Å². The highest BCUT2D eigenvalue weighted by atomic mass is 32.1. The number of aryl methyl sites for hydroxylation is 2. The molecular formula is C20H22N4O3S. The minimum absolute atomic E-state index is 0.0286. The van der Waals surface area contributed by atoms with E-state index in [1.807, 2.05) is 11.0 Å². The zero-order valence-corrected chi connectivity index (χ0v) is 16.3. The average Bonchev–Trinajstić information content (AvgIpc) is 3.42. The van der Waals surface area contributed by atoms with Gasteiger partial charge in [0.1, 0.15) is 10.4 Å². The minimum Gasteiger partial charge on any atom is -0.338 e. The number of nitrogens with zero attached hydrogens (tertiary/aromatic N) is 3. The fourth-order valence-corrected chi connectivity index (χ4v) is 5.39. The number of fused-ring (bicyclic) bond motifs is 2. The van der Waals surface area contributed by atoms with Gasteiger partial charge in [0.05, 0.1) is 11.7 Å². The predicted octanol–water partition coefficient (Wildman–Crippen LogP) is 1.55. The maximum Gasteiger partial charge on any atom is 0.265 e. The van der Waals surface area contributed by atoms with Crippen LogP contribution in [0.3, 0.4) is 0 Å². The smallest absolute Gasteiger partial charge is 0.265 e. The first-order valence-corrected chi connectivity index (χ1v) is 10.7. The lowest BCUT2D eigenvalue weighted by Crippen LogP contribution is -2.37. The second-order valence-electron chi connectivity index (χ2n) is 8.03. The number of nitrogens with one attached hydrogen (secondary N) is 1. The summed E-state index contributed by atoms with van der Waals surface area (Å²) in [6.45, 7) is 2.52. The average molecular weight is 398 g/mol. The first kappa shape index (κ1) is 17.6. The lowest BCUT2D eigenvalue weighted by Gasteiger charge is -2.22. The molecule has 2 aromatic heterocycles. The molecule has 2 saturated heterocycles. The van der Waals surface area contributed by atoms with E-state index < -0.39 is 0 Å². The molecule has 5 rings (SSSR count). The summed E-state index contributed by atoms with van der Waals surface area (Å²) >= 11 is 1.36. The van der Waals surface area contributed by atoms with Crippen molar-refractivity contribution in [1.82, 2.24) is 19.8 Å². The number of hydrogen-bond donors (Lipinski definition) is 1. The lowest BCUT2D eigenvalue weighted by molar-refractivity contribution is 0.0740. The minimum atomic E-state index is -0.273. The summed E-state index contributed by atoms with van der Waals surface area (Å²) in [5.74, 6) is 0.403. The van der Waals surface area contributed by atoms with Gasteiger partial charge in [-0.1, -0.05) is 0 Å². The van der Waals surface area contributed by atoms with E-state index in [4.69, 9.17) is 0 Å². The number of hydrogen-bond acceptors (Lipinski definition) is 5. The van der Waals surface area contributed by atoms with Crippen molar-refractivity contribution >= 4 is 23.2 Å². The molecule has 146 valence electrons. The third-order valence-corrected chi connectivity index (χ3v) is 7.03. The largest absolute Gasteiger partial charge is 0.338 e. The Hall–Kier alpha value is -2.48. The molecule has 2 aromatic rings. The lowest BCUT2D eigenvalue weighted by atomic mass is 9.95. The van der Waals surface area contributed by atoms with Crippen LogP contribution in [0, 0.1) is 11.8 Å². The number of H-pyrrole nitrogens is 1. The van der Waals surface area contributed by atoms with Crippen molar-refractivity contribution in [3.8, 4) is 0 Å². The number of pyridine rings is 1. The quantitative estimate of drug-likeness (QED) is 0.832. The topological polar surface area (TPSA) is 86.4 Å². The predicted molar refractivity (Wildman–Crippen MR) is 105 cm³/mol. The van der Waals surface area contributed by atoms with Gasteiger partial charge in [-0.15, -0.1) is 11.3 Å². The number of aromatic nitrogens is 2. The van der Waals surface area contributed by atoms with E-state index in [1.54, 1.807) is 16.6 Å². The highest BCUT2D eigenvalue weighted by Crippen LogP contribution is 2.33. The van der Waals surface area contributed by atoms with Crippen molar-refractivity contribution < 1.29 is 9.59 Å². The summed E-state index contributed by atoms with van der Waals surface area (Å²) in [6.07, 6.45) is 5.61. The fraction of sp³-hybridized carbons (Fsp3) is 0.500. The fourth-order valence-electron chi connectivity index (χ4n) is 4.81. The van der Waals surface area contributed by atoms with Crippen molar-refractivity contribution in [2.45, 2.75) is 25.7 Å². The number of amides is 2. The number of aromatic amines is 1. The molecule has 3 aliphatic rings. The summed E-state index contributed by atoms with van der Waals surface area (Å²) in [5, 5.41) is 0. The van der Waals surface area contributed by atoms with Crippen molar-refractivity contribution in [3.05, 3.63) is 49.8 Å². The Balaban J connectivity index is 1.28. The second-order valence-corrected chi connectivity index (χ2v) is 8.92. The van der Waals surface area contributed by atoms with Crippen LogP contribution in [0.15, 0.2) is 22.6 Å². The standard InChI is InChI=1S/C20H22N4O3S/c25-18-15(5-12-3-1-2-4-16(12)22-18)19(26)23-7-13-9-24(10-14(13)8-23)20(27)17-6-21-11-28-17/h5-6,11,13-14H,1-4,7-10H2,(H,22,25)/t13-,14+. The molecule has 2 fully saturated rings. The molecule has 0 bridgehead atoms. The van der Waals surface area contributed by atoms with Gasteiger partial charge in [0.25, 0.3) is 17.4 Å². The molecule has 0 saturated carbocycles. The molecule has 4 heterocycles. The molecule has 2 amide bonds. The van der Waals surface area contributed by atoms with Crippen LogP contribution in [0.25, 0.3) is 0 Å². The zero-order chi connectivity index (χ0) is 19.3. The van der Waals surface area contributed by atoms with Crippen LogP contribution >= 0.6 is 11.3 Å². The highest BCUT2D eigenvalue weighted by Gasteiger charge is 2.43. The third-order valence-electron chi connectivity index (χ3n) is 6.27. The molecule has 1 N–H and O–H groups in total. The molecule has 0 spiro atoms. The maximum atomic E-state index is 13.0. The Morgan fingerprint density at radius 2 is 1.71 bits per heavy atom. The molecule has 0 radical (unpaired) electrons. The van der Waals surface area contributed by atoms with Gasteiger partial charge in [0.2, 0.25) is 0 Å². The van der Waals surface area contributed by atoms with Gasteiger partial charge in [-0.25, -0.2) is 0 Å². The molecule has 2 aliphatic heterocycles. The third kappa shape index (κ3) is 2.96. The van der Waals surface area contributed by atoms with Gasteiger partial charge in [-0.05, 0) is 37.3 Å². The summed E-state index contributed by atoms with van der Waals surface area (Å²) in [7, 11) is 0. The van der Waals surface area contributed by atoms with Crippen molar-refractivity contribution in [2.24, 2.45) is 11.8 Å². The van der Waals surface area contributed by atoms with Crippen LogP contribution in [-0.2, 0) is 12.8 Å². The van der Waals surface area contributed by atoms with Crippen molar-refractivity contribution in [2.75, 3.05) is 26.2 Å². The van der Waals surface area contributed by atoms with E-state index in [1.165, 1.54) is 11.3 Å². The molecule has 8 heteroatoms. The first-order chi connectivity index (χ1) is 13.6. The Morgan fingerprint density at radius 3 is 2.39 bits per heavy atom. The van der Waals surface area contributed by atoms with E-state index >= 15 is 0 Å². The molecule has 1 aliphatic carbocycles. The summed E-state index contributed by atoms with van der Waals surface area (Å²) < 4.78 is 0. The van der Waals surface area contributed by atoms with Crippen LogP contribution in [0.1, 0.15) is 44.1 Å². The van der Waals surface area contributed by atoms with Crippen LogP contribution in [0.2, 0.25) is 0 Å². The molecular weight excluding hydrogens is 376 g/mol. The number of rotatable bonds is 2. The highest BCUT2D eigenvalue weighted by molar-refractivity contribution is 7.11. The number of likely N-dealkylation sites (tertiary alicyclic amines) is 2. The van der Waals surface area contributed by atoms with Gasteiger partial charge in [-0.3, -0.25) is 19.4 Å². The van der Waals surface area contributed by atoms with Crippen LogP contribution in [-0.4, -0.2) is 57.8 Å². The molecule has 0 aromatic carbocycles. The Labute approximate surface area is 166 Å².